The summed E-state index contributed by atoms with van der Waals surface area (Å²) in [6.07, 6.45) is 4.47. The van der Waals surface area contributed by atoms with Crippen LogP contribution in [0.3, 0.4) is 0 Å². The lowest BCUT2D eigenvalue weighted by Gasteiger charge is -2.17. The monoisotopic (exact) mass is 409 g/mol. The second-order valence-corrected chi connectivity index (χ2v) is 10.5. The quantitative estimate of drug-likeness (QED) is 0.661. The van der Waals surface area contributed by atoms with Gasteiger partial charge in [-0.15, -0.1) is 10.2 Å². The fourth-order valence-electron chi connectivity index (χ4n) is 2.50. The lowest BCUT2D eigenvalue weighted by Crippen LogP contribution is -2.33. The van der Waals surface area contributed by atoms with Crippen molar-refractivity contribution >= 4 is 27.3 Å². The van der Waals surface area contributed by atoms with E-state index in [2.05, 4.69) is 21.8 Å². The molecule has 6 nitrogen and oxygen atoms in total. The Morgan fingerprint density at radius 2 is 1.78 bits per heavy atom. The van der Waals surface area contributed by atoms with E-state index in [1.165, 1.54) is 29.9 Å². The van der Waals surface area contributed by atoms with Gasteiger partial charge in [0, 0.05) is 18.4 Å². The van der Waals surface area contributed by atoms with E-state index in [0.717, 1.165) is 34.8 Å². The molecule has 0 fully saturated rings. The van der Waals surface area contributed by atoms with E-state index in [0.29, 0.717) is 0 Å². The second kappa shape index (κ2) is 8.93. The van der Waals surface area contributed by atoms with Crippen LogP contribution in [0.2, 0.25) is 0 Å². The van der Waals surface area contributed by atoms with E-state index in [9.17, 15) is 13.2 Å². The molecule has 1 amide bonds. The number of carbonyl (C=O) groups excluding carboxylic acids is 1. The molecule has 27 heavy (non-hydrogen) atoms. The molecule has 148 valence electrons. The highest BCUT2D eigenvalue weighted by Gasteiger charge is 2.22. The zero-order chi connectivity index (χ0) is 20.1. The topological polar surface area (TPSA) is 89.0 Å². The minimum Gasteiger partial charge on any atom is -0.274 e. The van der Waals surface area contributed by atoms with E-state index >= 15 is 0 Å². The van der Waals surface area contributed by atoms with Crippen molar-refractivity contribution in [3.8, 4) is 10.6 Å². The van der Waals surface area contributed by atoms with Gasteiger partial charge in [-0.2, -0.15) is 0 Å². The molecule has 8 heteroatoms. The molecule has 1 aromatic carbocycles. The number of aromatic nitrogens is 2. The average molecular weight is 410 g/mol. The first-order valence-corrected chi connectivity index (χ1v) is 11.4. The second-order valence-electron chi connectivity index (χ2n) is 7.75. The Morgan fingerprint density at radius 3 is 2.37 bits per heavy atom. The maximum atomic E-state index is 12.4. The van der Waals surface area contributed by atoms with Crippen LogP contribution >= 0.6 is 11.3 Å². The van der Waals surface area contributed by atoms with Crippen LogP contribution < -0.4 is 4.72 Å². The van der Waals surface area contributed by atoms with Crippen molar-refractivity contribution in [3.63, 3.8) is 0 Å². The molecule has 0 unspecified atom stereocenters. The van der Waals surface area contributed by atoms with Crippen LogP contribution in [0.5, 0.6) is 0 Å². The van der Waals surface area contributed by atoms with Crippen LogP contribution in [0, 0.1) is 5.41 Å². The van der Waals surface area contributed by atoms with Crippen molar-refractivity contribution in [2.24, 2.45) is 5.41 Å². The molecular formula is C19H27N3O3S2. The largest absolute Gasteiger partial charge is 0.274 e. The molecule has 0 aliphatic heterocycles. The summed E-state index contributed by atoms with van der Waals surface area (Å²) in [5.41, 5.74) is 0.532. The third kappa shape index (κ3) is 6.70. The Morgan fingerprint density at radius 1 is 1.11 bits per heavy atom. The zero-order valence-corrected chi connectivity index (χ0v) is 17.9. The molecule has 0 spiro atoms. The van der Waals surface area contributed by atoms with Gasteiger partial charge in [-0.25, -0.2) is 13.1 Å². The predicted octanol–water partition coefficient (Wildman–Crippen LogP) is 4.18. The Hall–Kier alpha value is -1.80. The number of sulfonamides is 1. The molecule has 0 aliphatic rings. The van der Waals surface area contributed by atoms with E-state index in [4.69, 9.17) is 0 Å². The van der Waals surface area contributed by atoms with Gasteiger partial charge >= 0.3 is 0 Å². The first-order chi connectivity index (χ1) is 12.6. The molecule has 0 saturated heterocycles. The summed E-state index contributed by atoms with van der Waals surface area (Å²) in [5, 5.41) is 10.2. The third-order valence-corrected chi connectivity index (χ3v) is 6.23. The number of aryl methyl sites for hydroxylation is 1. The molecule has 0 bridgehead atoms. The van der Waals surface area contributed by atoms with Crippen LogP contribution in [0.4, 0.5) is 0 Å². The number of benzene rings is 1. The van der Waals surface area contributed by atoms with Crippen LogP contribution in [-0.2, 0) is 21.2 Å². The smallest absolute Gasteiger partial charge is 0.264 e. The minimum atomic E-state index is -3.87. The van der Waals surface area contributed by atoms with Gasteiger partial charge < -0.3 is 0 Å². The lowest BCUT2D eigenvalue weighted by atomic mass is 9.92. The van der Waals surface area contributed by atoms with Crippen LogP contribution in [0.15, 0.2) is 29.2 Å². The number of nitrogens with zero attached hydrogens (tertiary/aromatic N) is 2. The lowest BCUT2D eigenvalue weighted by molar-refractivity contribution is -0.121. The molecule has 1 aromatic heterocycles. The van der Waals surface area contributed by atoms with Crippen molar-refractivity contribution in [3.05, 3.63) is 29.3 Å². The fourth-order valence-corrected chi connectivity index (χ4v) is 4.37. The summed E-state index contributed by atoms with van der Waals surface area (Å²) in [7, 11) is -3.87. The van der Waals surface area contributed by atoms with Gasteiger partial charge in [0.1, 0.15) is 10.0 Å². The van der Waals surface area contributed by atoms with Crippen molar-refractivity contribution in [2.75, 3.05) is 0 Å². The van der Waals surface area contributed by atoms with Crippen LogP contribution in [0.25, 0.3) is 10.6 Å². The summed E-state index contributed by atoms with van der Waals surface area (Å²) in [6, 6.07) is 6.36. The number of nitrogens with one attached hydrogen (secondary N) is 1. The Bertz CT molecular complexity index is 866. The molecule has 1 N–H and O–H groups in total. The van der Waals surface area contributed by atoms with E-state index < -0.39 is 15.9 Å². The summed E-state index contributed by atoms with van der Waals surface area (Å²) in [5.74, 6) is -0.507. The van der Waals surface area contributed by atoms with Crippen LogP contribution in [0.1, 0.15) is 58.4 Å². The number of hydrogen-bond acceptors (Lipinski definition) is 6. The number of amides is 1. The fraction of sp³-hybridized carbons (Fsp3) is 0.526. The minimum absolute atomic E-state index is 0.0567. The predicted molar refractivity (Wildman–Crippen MR) is 108 cm³/mol. The van der Waals surface area contributed by atoms with Gasteiger partial charge in [0.25, 0.3) is 10.0 Å². The van der Waals surface area contributed by atoms with Gasteiger partial charge in [-0.1, -0.05) is 64.0 Å². The standard InChI is InChI=1S/C19H27N3O3S2/c1-5-6-7-8-17-20-21-18(26-17)14-9-11-15(12-10-14)27(24,25)22-16(23)13-19(2,3)4/h9-12H,5-8,13H2,1-4H3,(H,22,23). The van der Waals surface area contributed by atoms with Gasteiger partial charge in [-0.05, 0) is 24.0 Å². The molecule has 0 aliphatic carbocycles. The molecule has 2 rings (SSSR count). The van der Waals surface area contributed by atoms with E-state index in [1.54, 1.807) is 12.1 Å². The van der Waals surface area contributed by atoms with Gasteiger partial charge in [0.05, 0.1) is 4.90 Å². The number of rotatable bonds is 8. The Balaban J connectivity index is 2.07. The summed E-state index contributed by atoms with van der Waals surface area (Å²) < 4.78 is 26.9. The van der Waals surface area contributed by atoms with Gasteiger partial charge in [-0.3, -0.25) is 4.79 Å². The first kappa shape index (κ1) is 21.5. The zero-order valence-electron chi connectivity index (χ0n) is 16.3. The molecule has 2 aromatic rings. The maximum Gasteiger partial charge on any atom is 0.264 e. The molecule has 0 saturated carbocycles. The molecular weight excluding hydrogens is 382 g/mol. The normalized spacial score (nSPS) is 12.1. The number of hydrogen-bond donors (Lipinski definition) is 1. The summed E-state index contributed by atoms with van der Waals surface area (Å²) >= 11 is 1.53. The van der Waals surface area contributed by atoms with Gasteiger partial charge in [0.15, 0.2) is 0 Å². The van der Waals surface area contributed by atoms with Gasteiger partial charge in [0.2, 0.25) is 5.91 Å². The first-order valence-electron chi connectivity index (χ1n) is 9.09. The summed E-state index contributed by atoms with van der Waals surface area (Å²) in [6.45, 7) is 7.80. The SMILES string of the molecule is CCCCCc1nnc(-c2ccc(S(=O)(=O)NC(=O)CC(C)(C)C)cc2)s1. The van der Waals surface area contributed by atoms with Crippen molar-refractivity contribution in [2.45, 2.75) is 64.7 Å². The van der Waals surface area contributed by atoms with E-state index in [1.807, 2.05) is 20.8 Å². The van der Waals surface area contributed by atoms with Crippen LogP contribution in [-0.4, -0.2) is 24.5 Å². The van der Waals surface area contributed by atoms with E-state index in [-0.39, 0.29) is 16.7 Å². The maximum absolute atomic E-state index is 12.4. The Labute approximate surface area is 165 Å². The summed E-state index contributed by atoms with van der Waals surface area (Å²) in [4.78, 5) is 12.0. The molecule has 1 heterocycles. The number of unbranched alkanes of at least 4 members (excludes halogenated alkanes) is 2. The highest BCUT2D eigenvalue weighted by atomic mass is 32.2. The molecule has 0 atom stereocenters. The van der Waals surface area contributed by atoms with Crippen molar-refractivity contribution in [1.82, 2.24) is 14.9 Å². The number of carbonyl (C=O) groups is 1. The third-order valence-electron chi connectivity index (χ3n) is 3.81. The highest BCUT2D eigenvalue weighted by Crippen LogP contribution is 2.26. The highest BCUT2D eigenvalue weighted by molar-refractivity contribution is 7.90. The Kier molecular flexibility index (Phi) is 7.11. The molecule has 0 radical (unpaired) electrons. The van der Waals surface area contributed by atoms with Crippen molar-refractivity contribution in [1.29, 1.82) is 0 Å². The van der Waals surface area contributed by atoms with Crippen molar-refractivity contribution < 1.29 is 13.2 Å². The average Bonchev–Trinajstić information content (AvgIpc) is 3.02.